The molecule has 0 saturated carbocycles. The lowest BCUT2D eigenvalue weighted by Gasteiger charge is -2.13. The van der Waals surface area contributed by atoms with Crippen LogP contribution >= 0.6 is 0 Å². The van der Waals surface area contributed by atoms with Crippen LogP contribution in [-0.2, 0) is 9.53 Å². The Morgan fingerprint density at radius 3 is 2.64 bits per heavy atom. The monoisotopic (exact) mass is 341 g/mol. The first kappa shape index (κ1) is 16.7. The second kappa shape index (κ2) is 6.76. The van der Waals surface area contributed by atoms with Gasteiger partial charge in [0, 0.05) is 11.1 Å². The van der Waals surface area contributed by atoms with E-state index in [0.29, 0.717) is 16.8 Å². The molecule has 0 unspecified atom stereocenters. The molecule has 1 aromatic heterocycles. The number of aryl methyl sites for hydroxylation is 1. The van der Waals surface area contributed by atoms with Crippen LogP contribution in [0.5, 0.6) is 0 Å². The van der Waals surface area contributed by atoms with E-state index >= 15 is 0 Å². The molecule has 1 atom stereocenters. The average molecular weight is 341 g/mol. The van der Waals surface area contributed by atoms with Gasteiger partial charge in [-0.1, -0.05) is 24.3 Å². The maximum Gasteiger partial charge on any atom is 0.375 e. The summed E-state index contributed by atoms with van der Waals surface area (Å²) < 4.78 is 24.0. The van der Waals surface area contributed by atoms with Gasteiger partial charge < -0.3 is 14.5 Å². The molecule has 0 aliphatic heterocycles. The Bertz CT molecular complexity index is 915. The molecule has 25 heavy (non-hydrogen) atoms. The molecule has 0 aliphatic rings. The van der Waals surface area contributed by atoms with E-state index in [9.17, 15) is 14.0 Å². The van der Waals surface area contributed by atoms with Crippen molar-refractivity contribution < 1.29 is 23.1 Å². The van der Waals surface area contributed by atoms with E-state index in [1.54, 1.807) is 43.3 Å². The minimum atomic E-state index is -1.06. The first-order chi connectivity index (χ1) is 11.9. The molecular formula is C19H16FNO4. The van der Waals surface area contributed by atoms with E-state index in [1.165, 1.54) is 13.0 Å². The highest BCUT2D eigenvalue weighted by molar-refractivity contribution is 5.97. The number of nitrogens with one attached hydrogen (secondary N) is 1. The number of carbonyl (C=O) groups excluding carboxylic acids is 2. The number of hydrogen-bond donors (Lipinski definition) is 1. The number of amides is 1. The van der Waals surface area contributed by atoms with E-state index in [0.717, 1.165) is 5.39 Å². The highest BCUT2D eigenvalue weighted by Gasteiger charge is 2.21. The fraction of sp³-hybridized carbons (Fsp3) is 0.158. The van der Waals surface area contributed by atoms with Crippen LogP contribution in [-0.4, -0.2) is 18.0 Å². The van der Waals surface area contributed by atoms with Gasteiger partial charge in [0.1, 0.15) is 11.4 Å². The zero-order chi connectivity index (χ0) is 18.0. The summed E-state index contributed by atoms with van der Waals surface area (Å²) in [6.07, 6.45) is -1.06. The summed E-state index contributed by atoms with van der Waals surface area (Å²) in [4.78, 5) is 24.2. The van der Waals surface area contributed by atoms with Crippen molar-refractivity contribution in [2.75, 3.05) is 5.32 Å². The molecule has 0 bridgehead atoms. The third kappa shape index (κ3) is 3.68. The molecule has 1 N–H and O–H groups in total. The molecule has 3 rings (SSSR count). The Balaban J connectivity index is 1.65. The number of ether oxygens (including phenoxy) is 1. The molecule has 128 valence electrons. The van der Waals surface area contributed by atoms with Crippen LogP contribution in [0.1, 0.15) is 23.0 Å². The van der Waals surface area contributed by atoms with Crippen molar-refractivity contribution in [2.24, 2.45) is 0 Å². The first-order valence-electron chi connectivity index (χ1n) is 7.70. The van der Waals surface area contributed by atoms with Gasteiger partial charge in [0.25, 0.3) is 5.91 Å². The molecule has 0 radical (unpaired) electrons. The van der Waals surface area contributed by atoms with Gasteiger partial charge in [-0.25, -0.2) is 9.18 Å². The number of furan rings is 1. The Labute approximate surface area is 143 Å². The molecule has 3 aromatic rings. The number of para-hydroxylation sites is 1. The van der Waals surface area contributed by atoms with Crippen molar-refractivity contribution in [1.82, 2.24) is 0 Å². The molecule has 1 heterocycles. The van der Waals surface area contributed by atoms with Crippen LogP contribution < -0.4 is 5.32 Å². The number of rotatable bonds is 4. The van der Waals surface area contributed by atoms with Crippen molar-refractivity contribution in [2.45, 2.75) is 20.0 Å². The van der Waals surface area contributed by atoms with E-state index in [4.69, 9.17) is 9.15 Å². The molecule has 1 amide bonds. The molecule has 0 saturated heterocycles. The van der Waals surface area contributed by atoms with Crippen LogP contribution in [0.2, 0.25) is 0 Å². The number of esters is 1. The maximum atomic E-state index is 13.5. The predicted molar refractivity (Wildman–Crippen MR) is 90.9 cm³/mol. The molecule has 0 fully saturated rings. The van der Waals surface area contributed by atoms with Crippen LogP contribution in [0.3, 0.4) is 0 Å². The molecule has 0 spiro atoms. The predicted octanol–water partition coefficient (Wildman–Crippen LogP) is 4.06. The molecule has 2 aromatic carbocycles. The Morgan fingerprint density at radius 2 is 1.92 bits per heavy atom. The first-order valence-corrected chi connectivity index (χ1v) is 7.70. The van der Waals surface area contributed by atoms with E-state index in [-0.39, 0.29) is 5.76 Å². The van der Waals surface area contributed by atoms with Crippen LogP contribution in [0, 0.1) is 12.7 Å². The van der Waals surface area contributed by atoms with Crippen molar-refractivity contribution in [1.29, 1.82) is 0 Å². The zero-order valence-corrected chi connectivity index (χ0v) is 13.7. The smallest absolute Gasteiger partial charge is 0.375 e. The lowest BCUT2D eigenvalue weighted by molar-refractivity contribution is -0.123. The van der Waals surface area contributed by atoms with Crippen molar-refractivity contribution >= 4 is 28.5 Å². The summed E-state index contributed by atoms with van der Waals surface area (Å²) in [5.41, 5.74) is 1.32. The van der Waals surface area contributed by atoms with Crippen LogP contribution in [0.4, 0.5) is 10.1 Å². The van der Waals surface area contributed by atoms with Gasteiger partial charge in [0.15, 0.2) is 6.10 Å². The largest absolute Gasteiger partial charge is 0.449 e. The Morgan fingerprint density at radius 1 is 1.16 bits per heavy atom. The molecule has 5 nitrogen and oxygen atoms in total. The highest BCUT2D eigenvalue weighted by Crippen LogP contribution is 2.20. The van der Waals surface area contributed by atoms with Gasteiger partial charge in [-0.15, -0.1) is 0 Å². The summed E-state index contributed by atoms with van der Waals surface area (Å²) in [6, 6.07) is 13.0. The summed E-state index contributed by atoms with van der Waals surface area (Å²) in [6.45, 7) is 3.05. The topological polar surface area (TPSA) is 68.5 Å². The van der Waals surface area contributed by atoms with Crippen LogP contribution in [0.15, 0.2) is 52.9 Å². The minimum absolute atomic E-state index is 0.0160. The number of halogens is 1. The Hall–Kier alpha value is -3.15. The summed E-state index contributed by atoms with van der Waals surface area (Å²) in [7, 11) is 0. The number of anilines is 1. The second-order valence-electron chi connectivity index (χ2n) is 5.65. The number of fused-ring (bicyclic) bond motifs is 1. The number of hydrogen-bond acceptors (Lipinski definition) is 4. The SMILES string of the molecule is Cc1ccc(NC(=O)[C@H](C)OC(=O)c2cc3ccccc3o2)cc1F. The van der Waals surface area contributed by atoms with Crippen molar-refractivity contribution in [3.05, 3.63) is 65.7 Å². The lowest BCUT2D eigenvalue weighted by Crippen LogP contribution is -2.29. The van der Waals surface area contributed by atoms with Gasteiger partial charge in [0.05, 0.1) is 0 Å². The second-order valence-corrected chi connectivity index (χ2v) is 5.65. The van der Waals surface area contributed by atoms with E-state index in [1.807, 2.05) is 6.07 Å². The summed E-state index contributed by atoms with van der Waals surface area (Å²) in [5, 5.41) is 3.27. The van der Waals surface area contributed by atoms with Crippen molar-refractivity contribution in [3.8, 4) is 0 Å². The van der Waals surface area contributed by atoms with Gasteiger partial charge in [-0.05, 0) is 43.7 Å². The zero-order valence-electron chi connectivity index (χ0n) is 13.7. The standard InChI is InChI=1S/C19H16FNO4/c1-11-7-8-14(10-15(11)20)21-18(22)12(2)24-19(23)17-9-13-5-3-4-6-16(13)25-17/h3-10,12H,1-2H3,(H,21,22)/t12-/m0/s1. The third-order valence-electron chi connectivity index (χ3n) is 3.72. The minimum Gasteiger partial charge on any atom is -0.449 e. The van der Waals surface area contributed by atoms with Gasteiger partial charge in [0.2, 0.25) is 5.76 Å². The van der Waals surface area contributed by atoms with Gasteiger partial charge >= 0.3 is 5.97 Å². The van der Waals surface area contributed by atoms with Crippen LogP contribution in [0.25, 0.3) is 11.0 Å². The lowest BCUT2D eigenvalue weighted by atomic mass is 10.2. The Kier molecular flexibility index (Phi) is 4.52. The number of carbonyl (C=O) groups is 2. The normalized spacial score (nSPS) is 12.0. The van der Waals surface area contributed by atoms with Gasteiger partial charge in [-0.2, -0.15) is 0 Å². The summed E-state index contributed by atoms with van der Waals surface area (Å²) in [5.74, 6) is -1.71. The highest BCUT2D eigenvalue weighted by atomic mass is 19.1. The fourth-order valence-electron chi connectivity index (χ4n) is 2.27. The van der Waals surface area contributed by atoms with E-state index in [2.05, 4.69) is 5.32 Å². The van der Waals surface area contributed by atoms with Crippen molar-refractivity contribution in [3.63, 3.8) is 0 Å². The fourth-order valence-corrected chi connectivity index (χ4v) is 2.27. The van der Waals surface area contributed by atoms with Gasteiger partial charge in [-0.3, -0.25) is 4.79 Å². The molecular weight excluding hydrogens is 325 g/mol. The summed E-state index contributed by atoms with van der Waals surface area (Å²) >= 11 is 0. The average Bonchev–Trinajstić information content (AvgIpc) is 3.02. The quantitative estimate of drug-likeness (QED) is 0.727. The molecule has 0 aliphatic carbocycles. The molecule has 6 heteroatoms. The maximum absolute atomic E-state index is 13.5. The number of benzene rings is 2. The third-order valence-corrected chi connectivity index (χ3v) is 3.72. The van der Waals surface area contributed by atoms with E-state index < -0.39 is 23.8 Å².